The summed E-state index contributed by atoms with van der Waals surface area (Å²) in [6.07, 6.45) is 2.83. The average molecular weight is 420 g/mol. The van der Waals surface area contributed by atoms with E-state index in [0.717, 1.165) is 16.5 Å². The van der Waals surface area contributed by atoms with E-state index in [1.165, 1.54) is 6.07 Å². The van der Waals surface area contributed by atoms with E-state index < -0.39 is 5.60 Å². The van der Waals surface area contributed by atoms with Crippen molar-refractivity contribution in [3.63, 3.8) is 0 Å². The number of aliphatic hydroxyl groups is 1. The molecule has 2 fully saturated rings. The zero-order chi connectivity index (χ0) is 21.8. The van der Waals surface area contributed by atoms with Crippen LogP contribution >= 0.6 is 0 Å². The molecule has 2 heterocycles. The van der Waals surface area contributed by atoms with Gasteiger partial charge in [-0.1, -0.05) is 12.1 Å². The molecule has 2 amide bonds. The molecule has 2 aromatic carbocycles. The molecular formula is C23H24N4O4. The van der Waals surface area contributed by atoms with Crippen LogP contribution in [0.3, 0.4) is 0 Å². The molecule has 5 rings (SSSR count). The average Bonchev–Trinajstić information content (AvgIpc) is 3.44. The van der Waals surface area contributed by atoms with E-state index in [2.05, 4.69) is 5.10 Å². The predicted octanol–water partition coefficient (Wildman–Crippen LogP) is 1.76. The number of carbonyl (C=O) groups excluding carboxylic acids is 2. The molecule has 8 heteroatoms. The summed E-state index contributed by atoms with van der Waals surface area (Å²) in [5, 5.41) is 25.9. The summed E-state index contributed by atoms with van der Waals surface area (Å²) in [6, 6.07) is 10.8. The van der Waals surface area contributed by atoms with Crippen molar-refractivity contribution >= 4 is 22.7 Å². The number of benzene rings is 2. The Morgan fingerprint density at radius 2 is 1.71 bits per heavy atom. The highest BCUT2D eigenvalue weighted by molar-refractivity contribution is 5.96. The molecule has 1 saturated carbocycles. The molecule has 1 aliphatic heterocycles. The van der Waals surface area contributed by atoms with Crippen LogP contribution in [0.5, 0.6) is 5.75 Å². The summed E-state index contributed by atoms with van der Waals surface area (Å²) in [5.41, 5.74) is 1.68. The zero-order valence-electron chi connectivity index (χ0n) is 17.3. The smallest absolute Gasteiger partial charge is 0.254 e. The monoisotopic (exact) mass is 420 g/mol. The second kappa shape index (κ2) is 7.09. The first-order chi connectivity index (χ1) is 14.9. The van der Waals surface area contributed by atoms with Crippen molar-refractivity contribution < 1.29 is 19.8 Å². The van der Waals surface area contributed by atoms with Crippen LogP contribution in [0.25, 0.3) is 22.0 Å². The van der Waals surface area contributed by atoms with Crippen molar-refractivity contribution in [1.29, 1.82) is 0 Å². The number of fused-ring (bicyclic) bond motifs is 1. The highest BCUT2D eigenvalue weighted by atomic mass is 16.3. The number of aromatic nitrogens is 2. The molecular weight excluding hydrogens is 396 g/mol. The molecule has 0 bridgehead atoms. The molecule has 0 radical (unpaired) electrons. The molecule has 31 heavy (non-hydrogen) atoms. The molecule has 2 aliphatic rings. The number of hydrogen-bond donors (Lipinski definition) is 2. The maximum absolute atomic E-state index is 12.9. The summed E-state index contributed by atoms with van der Waals surface area (Å²) < 4.78 is 1.78. The Labute approximate surface area is 179 Å². The molecule has 0 unspecified atom stereocenters. The van der Waals surface area contributed by atoms with Crippen LogP contribution in [-0.2, 0) is 11.8 Å². The van der Waals surface area contributed by atoms with E-state index in [9.17, 15) is 19.8 Å². The van der Waals surface area contributed by atoms with Gasteiger partial charge in [0.05, 0.1) is 11.7 Å². The Bertz CT molecular complexity index is 1190. The van der Waals surface area contributed by atoms with Crippen LogP contribution in [0.15, 0.2) is 42.6 Å². The van der Waals surface area contributed by atoms with Gasteiger partial charge in [0.1, 0.15) is 11.4 Å². The molecule has 2 N–H and O–H groups in total. The third-order valence-electron chi connectivity index (χ3n) is 6.28. The molecule has 8 nitrogen and oxygen atoms in total. The highest BCUT2D eigenvalue weighted by Crippen LogP contribution is 2.37. The maximum Gasteiger partial charge on any atom is 0.254 e. The van der Waals surface area contributed by atoms with E-state index in [-0.39, 0.29) is 17.6 Å². The van der Waals surface area contributed by atoms with Gasteiger partial charge >= 0.3 is 0 Å². The van der Waals surface area contributed by atoms with Crippen molar-refractivity contribution in [2.45, 2.75) is 18.4 Å². The first-order valence-electron chi connectivity index (χ1n) is 10.4. The number of nitrogens with zero attached hydrogens (tertiary/aromatic N) is 4. The van der Waals surface area contributed by atoms with Gasteiger partial charge in [0, 0.05) is 49.7 Å². The Morgan fingerprint density at radius 1 is 1.00 bits per heavy atom. The van der Waals surface area contributed by atoms with Crippen molar-refractivity contribution in [2.24, 2.45) is 7.05 Å². The van der Waals surface area contributed by atoms with E-state index >= 15 is 0 Å². The third kappa shape index (κ3) is 3.42. The van der Waals surface area contributed by atoms with Crippen molar-refractivity contribution in [3.8, 4) is 16.9 Å². The fraction of sp³-hybridized carbons (Fsp3) is 0.348. The van der Waals surface area contributed by atoms with Gasteiger partial charge in [0.2, 0.25) is 0 Å². The minimum Gasteiger partial charge on any atom is -0.507 e. The number of phenols is 1. The number of phenolic OH excluding ortho intramolecular Hbond substituents is 1. The lowest BCUT2D eigenvalue weighted by Gasteiger charge is -2.35. The standard InChI is InChI=1S/C23H24N4O4/c1-25-19-12-15(2-3-17(19)14-24-25)18-5-4-16(13-20(18)28)21(29)26-8-10-27(11-9-26)22(30)23(31)6-7-23/h2-5,12-14,28,31H,6-11H2,1H3. The SMILES string of the molecule is Cn1ncc2ccc(-c3ccc(C(=O)N4CCN(C(=O)C5(O)CC5)CC4)cc3O)cc21. The Morgan fingerprint density at radius 3 is 2.39 bits per heavy atom. The van der Waals surface area contributed by atoms with Gasteiger partial charge in [-0.2, -0.15) is 5.10 Å². The van der Waals surface area contributed by atoms with Crippen LogP contribution < -0.4 is 0 Å². The fourth-order valence-electron chi connectivity index (χ4n) is 4.14. The number of amides is 2. The van der Waals surface area contributed by atoms with Crippen molar-refractivity contribution in [3.05, 3.63) is 48.2 Å². The van der Waals surface area contributed by atoms with E-state index in [0.29, 0.717) is 50.1 Å². The fourth-order valence-corrected chi connectivity index (χ4v) is 4.14. The first kappa shape index (κ1) is 19.6. The van der Waals surface area contributed by atoms with Crippen molar-refractivity contribution in [2.75, 3.05) is 26.2 Å². The van der Waals surface area contributed by atoms with Crippen LogP contribution in [0.2, 0.25) is 0 Å². The summed E-state index contributed by atoms with van der Waals surface area (Å²) in [5.74, 6) is -0.370. The van der Waals surface area contributed by atoms with Gasteiger partial charge in [-0.15, -0.1) is 0 Å². The lowest BCUT2D eigenvalue weighted by Crippen LogP contribution is -2.53. The lowest BCUT2D eigenvalue weighted by atomic mass is 10.0. The number of carbonyl (C=O) groups is 2. The minimum atomic E-state index is -1.17. The molecule has 3 aromatic rings. The van der Waals surface area contributed by atoms with E-state index in [4.69, 9.17) is 0 Å². The Kier molecular flexibility index (Phi) is 4.48. The van der Waals surface area contributed by atoms with Gasteiger partial charge in [0.15, 0.2) is 0 Å². The van der Waals surface area contributed by atoms with E-state index in [1.807, 2.05) is 25.2 Å². The number of rotatable bonds is 3. The Balaban J connectivity index is 1.31. The quantitative estimate of drug-likeness (QED) is 0.673. The molecule has 1 aromatic heterocycles. The van der Waals surface area contributed by atoms with E-state index in [1.54, 1.807) is 32.8 Å². The topological polar surface area (TPSA) is 98.9 Å². The number of aromatic hydroxyl groups is 1. The molecule has 0 atom stereocenters. The van der Waals surface area contributed by atoms with Crippen LogP contribution in [0.1, 0.15) is 23.2 Å². The summed E-state index contributed by atoms with van der Waals surface area (Å²) in [4.78, 5) is 28.5. The van der Waals surface area contributed by atoms with Gasteiger partial charge in [0.25, 0.3) is 11.8 Å². The number of hydrogen-bond acceptors (Lipinski definition) is 5. The van der Waals surface area contributed by atoms with Gasteiger partial charge in [-0.3, -0.25) is 14.3 Å². The van der Waals surface area contributed by atoms with Gasteiger partial charge in [-0.05, 0) is 42.7 Å². The van der Waals surface area contributed by atoms with Gasteiger partial charge < -0.3 is 20.0 Å². The predicted molar refractivity (Wildman–Crippen MR) is 114 cm³/mol. The normalized spacial score (nSPS) is 17.7. The van der Waals surface area contributed by atoms with Crippen molar-refractivity contribution in [1.82, 2.24) is 19.6 Å². The Hall–Kier alpha value is -3.39. The molecule has 160 valence electrons. The largest absolute Gasteiger partial charge is 0.507 e. The number of piperazine rings is 1. The van der Waals surface area contributed by atoms with Crippen LogP contribution in [-0.4, -0.2) is 73.4 Å². The summed E-state index contributed by atoms with van der Waals surface area (Å²) in [6.45, 7) is 1.62. The third-order valence-corrected chi connectivity index (χ3v) is 6.28. The maximum atomic E-state index is 12.9. The number of aryl methyl sites for hydroxylation is 1. The van der Waals surface area contributed by atoms with Gasteiger partial charge in [-0.25, -0.2) is 0 Å². The second-order valence-electron chi connectivity index (χ2n) is 8.39. The zero-order valence-corrected chi connectivity index (χ0v) is 17.3. The second-order valence-corrected chi connectivity index (χ2v) is 8.39. The summed E-state index contributed by atoms with van der Waals surface area (Å²) >= 11 is 0. The van der Waals surface area contributed by atoms with Crippen LogP contribution in [0, 0.1) is 0 Å². The highest BCUT2D eigenvalue weighted by Gasteiger charge is 2.50. The molecule has 0 spiro atoms. The molecule has 1 saturated heterocycles. The minimum absolute atomic E-state index is 0.0390. The molecule has 1 aliphatic carbocycles. The first-order valence-corrected chi connectivity index (χ1v) is 10.4. The van der Waals surface area contributed by atoms with Crippen LogP contribution in [0.4, 0.5) is 0 Å². The summed E-state index contributed by atoms with van der Waals surface area (Å²) in [7, 11) is 1.87. The lowest BCUT2D eigenvalue weighted by molar-refractivity contribution is -0.143.